The van der Waals surface area contributed by atoms with Crippen LogP contribution in [0.3, 0.4) is 0 Å². The maximum Gasteiger partial charge on any atom is 0.261 e. The number of para-hydroxylation sites is 1. The summed E-state index contributed by atoms with van der Waals surface area (Å²) >= 11 is 9.58. The molecular formula is C25H24BrClN2O3. The van der Waals surface area contributed by atoms with Gasteiger partial charge in [-0.1, -0.05) is 82.1 Å². The summed E-state index contributed by atoms with van der Waals surface area (Å²) in [7, 11) is 1.57. The van der Waals surface area contributed by atoms with Gasteiger partial charge in [0, 0.05) is 24.5 Å². The van der Waals surface area contributed by atoms with Crippen LogP contribution in [0.1, 0.15) is 11.1 Å². The number of hydrogen-bond donors (Lipinski definition) is 1. The Labute approximate surface area is 201 Å². The molecule has 0 aliphatic heterocycles. The van der Waals surface area contributed by atoms with Crippen LogP contribution in [0.4, 0.5) is 0 Å². The molecule has 1 N–H and O–H groups in total. The average molecular weight is 516 g/mol. The van der Waals surface area contributed by atoms with E-state index in [1.807, 2.05) is 54.6 Å². The van der Waals surface area contributed by atoms with Gasteiger partial charge in [0.15, 0.2) is 6.61 Å². The number of carbonyl (C=O) groups is 2. The van der Waals surface area contributed by atoms with E-state index in [2.05, 4.69) is 21.2 Å². The third-order valence-corrected chi connectivity index (χ3v) is 5.81. The van der Waals surface area contributed by atoms with Crippen molar-refractivity contribution >= 4 is 39.3 Å². The van der Waals surface area contributed by atoms with Gasteiger partial charge in [0.05, 0.1) is 5.02 Å². The van der Waals surface area contributed by atoms with Crippen LogP contribution in [0.15, 0.2) is 83.3 Å². The molecule has 1 unspecified atom stereocenters. The van der Waals surface area contributed by atoms with Gasteiger partial charge in [-0.2, -0.15) is 0 Å². The van der Waals surface area contributed by atoms with Crippen LogP contribution in [0.5, 0.6) is 5.75 Å². The lowest BCUT2D eigenvalue weighted by Gasteiger charge is -2.31. The third-order valence-electron chi connectivity index (χ3n) is 4.97. The van der Waals surface area contributed by atoms with Gasteiger partial charge in [-0.25, -0.2) is 0 Å². The highest BCUT2D eigenvalue weighted by Gasteiger charge is 2.30. The van der Waals surface area contributed by atoms with Gasteiger partial charge < -0.3 is 15.0 Å². The second-order valence-corrected chi connectivity index (χ2v) is 8.51. The Bertz CT molecular complexity index is 1040. The SMILES string of the molecule is CNC(=O)C(Cc1ccccc1)N(Cc1ccc(Br)cc1)C(=O)COc1ccccc1Cl. The molecule has 3 aromatic rings. The summed E-state index contributed by atoms with van der Waals surface area (Å²) in [5.41, 5.74) is 1.86. The molecule has 32 heavy (non-hydrogen) atoms. The largest absolute Gasteiger partial charge is 0.482 e. The summed E-state index contributed by atoms with van der Waals surface area (Å²) in [6.45, 7) is 0.0332. The minimum Gasteiger partial charge on any atom is -0.482 e. The number of carbonyl (C=O) groups excluding carboxylic acids is 2. The fourth-order valence-electron chi connectivity index (χ4n) is 3.29. The quantitative estimate of drug-likeness (QED) is 0.442. The highest BCUT2D eigenvalue weighted by atomic mass is 79.9. The molecule has 3 aromatic carbocycles. The van der Waals surface area contributed by atoms with E-state index < -0.39 is 6.04 Å². The Kier molecular flexibility index (Phi) is 8.71. The molecule has 0 radical (unpaired) electrons. The number of likely N-dealkylation sites (N-methyl/N-ethyl adjacent to an activating group) is 1. The highest BCUT2D eigenvalue weighted by Crippen LogP contribution is 2.23. The van der Waals surface area contributed by atoms with Crippen molar-refractivity contribution in [3.8, 4) is 5.75 Å². The van der Waals surface area contributed by atoms with E-state index in [4.69, 9.17) is 16.3 Å². The van der Waals surface area contributed by atoms with E-state index in [1.54, 1.807) is 36.2 Å². The van der Waals surface area contributed by atoms with Crippen molar-refractivity contribution in [2.75, 3.05) is 13.7 Å². The van der Waals surface area contributed by atoms with Crippen LogP contribution in [0.25, 0.3) is 0 Å². The molecule has 0 saturated carbocycles. The summed E-state index contributed by atoms with van der Waals surface area (Å²) in [6, 6.07) is 23.6. The van der Waals surface area contributed by atoms with Crippen LogP contribution in [-0.2, 0) is 22.6 Å². The summed E-state index contributed by atoms with van der Waals surface area (Å²) in [5.74, 6) is -0.125. The molecule has 0 fully saturated rings. The molecule has 0 heterocycles. The third kappa shape index (κ3) is 6.58. The van der Waals surface area contributed by atoms with Crippen molar-refractivity contribution in [3.63, 3.8) is 0 Å². The molecule has 0 aliphatic carbocycles. The number of rotatable bonds is 9. The zero-order chi connectivity index (χ0) is 22.9. The molecule has 0 aromatic heterocycles. The smallest absolute Gasteiger partial charge is 0.261 e. The van der Waals surface area contributed by atoms with Crippen molar-refractivity contribution < 1.29 is 14.3 Å². The Morgan fingerprint density at radius 3 is 2.28 bits per heavy atom. The van der Waals surface area contributed by atoms with Gasteiger partial charge >= 0.3 is 0 Å². The van der Waals surface area contributed by atoms with Crippen molar-refractivity contribution in [1.29, 1.82) is 0 Å². The van der Waals surface area contributed by atoms with E-state index in [0.717, 1.165) is 15.6 Å². The minimum absolute atomic E-state index is 0.234. The Morgan fingerprint density at radius 2 is 1.62 bits per heavy atom. The highest BCUT2D eigenvalue weighted by molar-refractivity contribution is 9.10. The van der Waals surface area contributed by atoms with Crippen molar-refractivity contribution in [1.82, 2.24) is 10.2 Å². The minimum atomic E-state index is -0.701. The molecule has 0 aliphatic rings. The zero-order valence-corrected chi connectivity index (χ0v) is 20.0. The van der Waals surface area contributed by atoms with Crippen LogP contribution in [0, 0.1) is 0 Å². The number of nitrogens with zero attached hydrogens (tertiary/aromatic N) is 1. The van der Waals surface area contributed by atoms with E-state index in [9.17, 15) is 9.59 Å². The monoisotopic (exact) mass is 514 g/mol. The first-order chi connectivity index (χ1) is 15.5. The fraction of sp³-hybridized carbons (Fsp3) is 0.200. The predicted octanol–water partition coefficient (Wildman–Crippen LogP) is 4.87. The van der Waals surface area contributed by atoms with E-state index in [-0.39, 0.29) is 25.0 Å². The summed E-state index contributed by atoms with van der Waals surface area (Å²) < 4.78 is 6.63. The maximum atomic E-state index is 13.3. The van der Waals surface area contributed by atoms with Crippen molar-refractivity contribution in [2.45, 2.75) is 19.0 Å². The lowest BCUT2D eigenvalue weighted by molar-refractivity contribution is -0.142. The number of amides is 2. The van der Waals surface area contributed by atoms with Crippen LogP contribution in [0.2, 0.25) is 5.02 Å². The predicted molar refractivity (Wildman–Crippen MR) is 130 cm³/mol. The standard InChI is InChI=1S/C25H24BrClN2O3/c1-28-25(31)22(15-18-7-3-2-4-8-18)29(16-19-11-13-20(26)14-12-19)24(30)17-32-23-10-6-5-9-21(23)27/h2-14,22H,15-17H2,1H3,(H,28,31). The zero-order valence-electron chi connectivity index (χ0n) is 17.6. The van der Waals surface area contributed by atoms with Crippen molar-refractivity contribution in [3.05, 3.63) is 99.5 Å². The molecule has 0 spiro atoms. The fourth-order valence-corrected chi connectivity index (χ4v) is 3.75. The molecule has 2 amide bonds. The van der Waals surface area contributed by atoms with Gasteiger partial charge in [0.2, 0.25) is 5.91 Å². The second kappa shape index (κ2) is 11.7. The molecule has 0 saturated heterocycles. The first-order valence-corrected chi connectivity index (χ1v) is 11.3. The van der Waals surface area contributed by atoms with E-state index in [0.29, 0.717) is 17.2 Å². The summed E-state index contributed by atoms with van der Waals surface area (Å²) in [5, 5.41) is 3.12. The maximum absolute atomic E-state index is 13.3. The van der Waals surface area contributed by atoms with Crippen LogP contribution in [-0.4, -0.2) is 36.4 Å². The first-order valence-electron chi connectivity index (χ1n) is 10.1. The Balaban J connectivity index is 1.87. The molecule has 0 bridgehead atoms. The Morgan fingerprint density at radius 1 is 0.969 bits per heavy atom. The molecular weight excluding hydrogens is 492 g/mol. The molecule has 5 nitrogen and oxygen atoms in total. The normalized spacial score (nSPS) is 11.5. The first kappa shape index (κ1) is 23.8. The number of ether oxygens (including phenoxy) is 1. The lowest BCUT2D eigenvalue weighted by Crippen LogP contribution is -2.51. The van der Waals surface area contributed by atoms with E-state index in [1.165, 1.54) is 0 Å². The van der Waals surface area contributed by atoms with E-state index >= 15 is 0 Å². The molecule has 7 heteroatoms. The summed E-state index contributed by atoms with van der Waals surface area (Å²) in [4.78, 5) is 27.7. The van der Waals surface area contributed by atoms with Crippen molar-refractivity contribution in [2.24, 2.45) is 0 Å². The second-order valence-electron chi connectivity index (χ2n) is 7.19. The molecule has 1 atom stereocenters. The van der Waals surface area contributed by atoms with Gasteiger partial charge in [-0.15, -0.1) is 0 Å². The lowest BCUT2D eigenvalue weighted by atomic mass is 10.0. The Hall–Kier alpha value is -2.83. The summed E-state index contributed by atoms with van der Waals surface area (Å²) in [6.07, 6.45) is 0.384. The topological polar surface area (TPSA) is 58.6 Å². The number of hydrogen-bond acceptors (Lipinski definition) is 3. The van der Waals surface area contributed by atoms with Gasteiger partial charge in [-0.05, 0) is 35.4 Å². The van der Waals surface area contributed by atoms with Crippen LogP contribution < -0.4 is 10.1 Å². The van der Waals surface area contributed by atoms with Gasteiger partial charge in [0.1, 0.15) is 11.8 Å². The molecule has 3 rings (SSSR count). The molecule has 166 valence electrons. The van der Waals surface area contributed by atoms with Gasteiger partial charge in [0.25, 0.3) is 5.91 Å². The van der Waals surface area contributed by atoms with Gasteiger partial charge in [-0.3, -0.25) is 9.59 Å². The number of benzene rings is 3. The van der Waals surface area contributed by atoms with Crippen LogP contribution >= 0.6 is 27.5 Å². The average Bonchev–Trinajstić information content (AvgIpc) is 2.82. The number of nitrogens with one attached hydrogen (secondary N) is 1. The number of halogens is 2.